The average molecular weight is 361 g/mol. The van der Waals surface area contributed by atoms with Crippen molar-refractivity contribution in [2.45, 2.75) is 45.4 Å². The summed E-state index contributed by atoms with van der Waals surface area (Å²) in [6.07, 6.45) is 6.53. The lowest BCUT2D eigenvalue weighted by atomic mass is 9.97. The van der Waals surface area contributed by atoms with Gasteiger partial charge in [-0.2, -0.15) is 10.5 Å². The molecule has 0 radical (unpaired) electrons. The van der Waals surface area contributed by atoms with Crippen LogP contribution in [-0.4, -0.2) is 16.6 Å². The zero-order valence-electron chi connectivity index (χ0n) is 14.8. The number of nitrogens with one attached hydrogen (secondary N) is 2. The number of aryl methyl sites for hydroxylation is 1. The molecule has 0 amide bonds. The highest BCUT2D eigenvalue weighted by Crippen LogP contribution is 2.29. The number of fused-ring (bicyclic) bond motifs is 1. The third-order valence-electron chi connectivity index (χ3n) is 4.55. The SMILES string of the molecule is C=C(NOc1nc2oc(=O)cc(CCC3CCCC3)c2c(=O)[nH]1)OCC. The van der Waals surface area contributed by atoms with Crippen LogP contribution in [0.25, 0.3) is 11.1 Å². The molecule has 0 saturated heterocycles. The van der Waals surface area contributed by atoms with Crippen LogP contribution in [0, 0.1) is 5.92 Å². The number of aromatic nitrogens is 2. The highest BCUT2D eigenvalue weighted by Gasteiger charge is 2.18. The van der Waals surface area contributed by atoms with Crippen LogP contribution in [0.4, 0.5) is 0 Å². The van der Waals surface area contributed by atoms with Gasteiger partial charge in [0.15, 0.2) is 0 Å². The molecule has 2 heterocycles. The van der Waals surface area contributed by atoms with Crippen molar-refractivity contribution in [2.75, 3.05) is 6.61 Å². The Balaban J connectivity index is 1.84. The van der Waals surface area contributed by atoms with Crippen molar-refractivity contribution in [2.24, 2.45) is 5.92 Å². The van der Waals surface area contributed by atoms with Gasteiger partial charge in [0.25, 0.3) is 5.56 Å². The van der Waals surface area contributed by atoms with Crippen molar-refractivity contribution in [3.63, 3.8) is 0 Å². The van der Waals surface area contributed by atoms with Gasteiger partial charge >= 0.3 is 11.6 Å². The molecule has 1 aliphatic carbocycles. The van der Waals surface area contributed by atoms with E-state index >= 15 is 0 Å². The van der Waals surface area contributed by atoms with Gasteiger partial charge < -0.3 is 14.0 Å². The van der Waals surface area contributed by atoms with E-state index in [0.29, 0.717) is 29.9 Å². The summed E-state index contributed by atoms with van der Waals surface area (Å²) in [5.74, 6) is 0.822. The smallest absolute Gasteiger partial charge is 0.337 e. The molecular formula is C18H23N3O5. The summed E-state index contributed by atoms with van der Waals surface area (Å²) in [7, 11) is 0. The lowest BCUT2D eigenvalue weighted by Crippen LogP contribution is -2.23. The van der Waals surface area contributed by atoms with Gasteiger partial charge in [0, 0.05) is 6.07 Å². The molecule has 1 saturated carbocycles. The first-order valence-corrected chi connectivity index (χ1v) is 8.88. The summed E-state index contributed by atoms with van der Waals surface area (Å²) in [6, 6.07) is 1.24. The first-order chi connectivity index (χ1) is 12.6. The molecular weight excluding hydrogens is 338 g/mol. The number of rotatable bonds is 8. The van der Waals surface area contributed by atoms with Crippen LogP contribution in [0.15, 0.2) is 32.5 Å². The molecule has 3 rings (SSSR count). The second kappa shape index (κ2) is 8.07. The molecule has 2 N–H and O–H groups in total. The maximum absolute atomic E-state index is 12.5. The fourth-order valence-corrected chi connectivity index (χ4v) is 3.34. The molecule has 2 aromatic rings. The molecule has 26 heavy (non-hydrogen) atoms. The standard InChI is InChI=1S/C18H23N3O5/c1-3-24-11(2)21-26-18-19-16(23)15-13(9-8-12-6-4-5-7-12)10-14(22)25-17(15)20-18/h10,12,21H,2-9H2,1H3,(H,19,20,23). The molecule has 8 nitrogen and oxygen atoms in total. The van der Waals surface area contributed by atoms with E-state index in [-0.39, 0.29) is 17.6 Å². The van der Waals surface area contributed by atoms with E-state index in [2.05, 4.69) is 22.0 Å². The fraction of sp³-hybridized carbons (Fsp3) is 0.500. The van der Waals surface area contributed by atoms with E-state index < -0.39 is 11.2 Å². The Kier molecular flexibility index (Phi) is 5.60. The number of H-pyrrole nitrogens is 1. The molecule has 0 aromatic carbocycles. The van der Waals surface area contributed by atoms with E-state index in [4.69, 9.17) is 14.0 Å². The lowest BCUT2D eigenvalue weighted by Gasteiger charge is -2.11. The van der Waals surface area contributed by atoms with E-state index in [1.54, 1.807) is 6.92 Å². The Bertz CT molecular complexity index is 896. The van der Waals surface area contributed by atoms with E-state index in [0.717, 1.165) is 6.42 Å². The highest BCUT2D eigenvalue weighted by molar-refractivity contribution is 5.75. The zero-order valence-corrected chi connectivity index (χ0v) is 14.8. The highest BCUT2D eigenvalue weighted by atomic mass is 16.7. The van der Waals surface area contributed by atoms with Gasteiger partial charge in [-0.25, -0.2) is 4.79 Å². The molecule has 0 bridgehead atoms. The van der Waals surface area contributed by atoms with Gasteiger partial charge in [-0.15, -0.1) is 0 Å². The maximum Gasteiger partial charge on any atom is 0.337 e. The predicted octanol–water partition coefficient (Wildman–Crippen LogP) is 2.39. The van der Waals surface area contributed by atoms with Crippen LogP contribution in [0.5, 0.6) is 6.01 Å². The Morgan fingerprint density at radius 3 is 2.92 bits per heavy atom. The van der Waals surface area contributed by atoms with Gasteiger partial charge in [0.1, 0.15) is 5.39 Å². The number of aromatic amines is 1. The maximum atomic E-state index is 12.5. The van der Waals surface area contributed by atoms with Crippen molar-refractivity contribution in [1.82, 2.24) is 15.4 Å². The van der Waals surface area contributed by atoms with Crippen molar-refractivity contribution in [1.29, 1.82) is 0 Å². The van der Waals surface area contributed by atoms with E-state index in [9.17, 15) is 9.59 Å². The van der Waals surface area contributed by atoms with Gasteiger partial charge in [-0.3, -0.25) is 9.78 Å². The van der Waals surface area contributed by atoms with Gasteiger partial charge in [-0.05, 0) is 37.8 Å². The molecule has 0 atom stereocenters. The van der Waals surface area contributed by atoms with Crippen LogP contribution in [0.3, 0.4) is 0 Å². The quantitative estimate of drug-likeness (QED) is 0.549. The van der Waals surface area contributed by atoms with Crippen molar-refractivity contribution >= 4 is 11.1 Å². The number of ether oxygens (including phenoxy) is 1. The van der Waals surface area contributed by atoms with Crippen LogP contribution in [-0.2, 0) is 11.2 Å². The van der Waals surface area contributed by atoms with Crippen molar-refractivity contribution in [3.8, 4) is 6.01 Å². The topological polar surface area (TPSA) is 106 Å². The van der Waals surface area contributed by atoms with Crippen LogP contribution < -0.4 is 21.5 Å². The minimum atomic E-state index is -0.533. The number of hydrogen-bond donors (Lipinski definition) is 2. The Labute approximate surface area is 150 Å². The van der Waals surface area contributed by atoms with Crippen molar-refractivity contribution < 1.29 is 14.0 Å². The van der Waals surface area contributed by atoms with Crippen LogP contribution in [0.2, 0.25) is 0 Å². The molecule has 1 aliphatic rings. The Hall–Kier alpha value is -2.77. The van der Waals surface area contributed by atoms with Gasteiger partial charge in [-0.1, -0.05) is 25.7 Å². The summed E-state index contributed by atoms with van der Waals surface area (Å²) in [5, 5.41) is 0.290. The number of hydrogen-bond acceptors (Lipinski definition) is 7. The average Bonchev–Trinajstić information content (AvgIpc) is 3.11. The second-order valence-corrected chi connectivity index (χ2v) is 6.39. The Morgan fingerprint density at radius 2 is 2.19 bits per heavy atom. The summed E-state index contributed by atoms with van der Waals surface area (Å²) in [6.45, 7) is 5.79. The lowest BCUT2D eigenvalue weighted by molar-refractivity contribution is 0.106. The summed E-state index contributed by atoms with van der Waals surface area (Å²) in [4.78, 5) is 36.1. The normalized spacial score (nSPS) is 14.5. The molecule has 1 fully saturated rings. The minimum Gasteiger partial charge on any atom is -0.478 e. The summed E-state index contributed by atoms with van der Waals surface area (Å²) >= 11 is 0. The molecule has 2 aromatic heterocycles. The number of hydroxylamine groups is 1. The van der Waals surface area contributed by atoms with E-state index in [1.807, 2.05) is 0 Å². The number of nitrogens with zero attached hydrogens (tertiary/aromatic N) is 1. The largest absolute Gasteiger partial charge is 0.478 e. The molecule has 0 spiro atoms. The Morgan fingerprint density at radius 1 is 1.42 bits per heavy atom. The zero-order chi connectivity index (χ0) is 18.5. The third kappa shape index (κ3) is 4.25. The predicted molar refractivity (Wildman–Crippen MR) is 95.7 cm³/mol. The second-order valence-electron chi connectivity index (χ2n) is 6.39. The first-order valence-electron chi connectivity index (χ1n) is 8.88. The van der Waals surface area contributed by atoms with Crippen LogP contribution in [0.1, 0.15) is 44.6 Å². The summed E-state index contributed by atoms with van der Waals surface area (Å²) in [5.41, 5.74) is 2.09. The first kappa shape index (κ1) is 18.0. The molecule has 0 unspecified atom stereocenters. The fourth-order valence-electron chi connectivity index (χ4n) is 3.34. The summed E-state index contributed by atoms with van der Waals surface area (Å²) < 4.78 is 10.2. The van der Waals surface area contributed by atoms with E-state index in [1.165, 1.54) is 31.7 Å². The van der Waals surface area contributed by atoms with Crippen LogP contribution >= 0.6 is 0 Å². The third-order valence-corrected chi connectivity index (χ3v) is 4.55. The minimum absolute atomic E-state index is 0.0403. The van der Waals surface area contributed by atoms with Crippen molar-refractivity contribution in [3.05, 3.63) is 44.9 Å². The molecule has 8 heteroatoms. The monoisotopic (exact) mass is 361 g/mol. The van der Waals surface area contributed by atoms with Gasteiger partial charge in [0.05, 0.1) is 6.61 Å². The molecule has 140 valence electrons. The van der Waals surface area contributed by atoms with Gasteiger partial charge in [0.2, 0.25) is 11.6 Å². The molecule has 0 aliphatic heterocycles.